The lowest BCUT2D eigenvalue weighted by atomic mass is 10.6. The highest BCUT2D eigenvalue weighted by molar-refractivity contribution is 7.80. The van der Waals surface area contributed by atoms with Gasteiger partial charge in [0.2, 0.25) is 0 Å². The first-order valence-corrected chi connectivity index (χ1v) is 4.31. The Morgan fingerprint density at radius 3 is 2.08 bits per heavy atom. The van der Waals surface area contributed by atoms with Crippen molar-refractivity contribution in [3.63, 3.8) is 0 Å². The van der Waals surface area contributed by atoms with Gasteiger partial charge in [-0.2, -0.15) is 8.42 Å². The van der Waals surface area contributed by atoms with Crippen molar-refractivity contribution in [2.24, 2.45) is 0 Å². The number of aliphatic hydroxyl groups excluding tert-OH is 2. The molecule has 0 aromatic rings. The normalized spacial score (nSPS) is 12.7. The van der Waals surface area contributed by atoms with Gasteiger partial charge in [-0.05, 0) is 13.0 Å². The summed E-state index contributed by atoms with van der Waals surface area (Å²) in [4.78, 5) is 0. The van der Waals surface area contributed by atoms with Crippen molar-refractivity contribution < 1.29 is 27.4 Å². The molecule has 0 heterocycles. The fraction of sp³-hybridized carbons (Fsp3) is 0.600. The van der Waals surface area contributed by atoms with Gasteiger partial charge in [-0.15, -0.1) is 0 Å². The van der Waals surface area contributed by atoms with Crippen LogP contribution in [0, 0.1) is 0 Å². The van der Waals surface area contributed by atoms with E-state index in [4.69, 9.17) is 14.8 Å². The topological polar surface area (TPSA) is 104 Å². The predicted molar refractivity (Wildman–Crippen MR) is 41.6 cm³/mol. The lowest BCUT2D eigenvalue weighted by molar-refractivity contribution is 0.0216. The third-order valence-electron chi connectivity index (χ3n) is 0.422. The zero-order chi connectivity index (χ0) is 10.2. The van der Waals surface area contributed by atoms with Crippen LogP contribution in [-0.2, 0) is 14.6 Å². The lowest BCUT2D eigenvalue weighted by Gasteiger charge is -2.00. The van der Waals surface area contributed by atoms with Gasteiger partial charge >= 0.3 is 10.4 Å². The van der Waals surface area contributed by atoms with E-state index in [2.05, 4.69) is 10.8 Å². The van der Waals surface area contributed by atoms with Gasteiger partial charge in [0.1, 0.15) is 0 Å². The van der Waals surface area contributed by atoms with E-state index < -0.39 is 16.7 Å². The standard InChI is InChI=1S/C3H6O5S.C2H6O/c1-2-3(4)8-9(5,6)7;1-2-3/h2-4H,1H2,(H,5,6,7);3H,2H2,1H3. The fourth-order valence-electron chi connectivity index (χ4n) is 0.164. The number of hydrogen-bond donors (Lipinski definition) is 3. The second kappa shape index (κ2) is 7.19. The van der Waals surface area contributed by atoms with Crippen LogP contribution < -0.4 is 0 Å². The molecule has 0 saturated heterocycles. The molecule has 0 aromatic heterocycles. The maximum atomic E-state index is 9.73. The molecule has 12 heavy (non-hydrogen) atoms. The molecule has 0 aliphatic rings. The third-order valence-corrected chi connectivity index (χ3v) is 0.862. The maximum absolute atomic E-state index is 9.73. The Morgan fingerprint density at radius 2 is 2.00 bits per heavy atom. The average Bonchev–Trinajstić information content (AvgIpc) is 1.86. The quantitative estimate of drug-likeness (QED) is 0.316. The summed E-state index contributed by atoms with van der Waals surface area (Å²) in [7, 11) is -4.56. The molecule has 74 valence electrons. The molecule has 7 heteroatoms. The first-order chi connectivity index (χ1) is 5.37. The highest BCUT2D eigenvalue weighted by Gasteiger charge is 2.08. The van der Waals surface area contributed by atoms with Crippen LogP contribution in [0.15, 0.2) is 12.7 Å². The summed E-state index contributed by atoms with van der Waals surface area (Å²) in [6.45, 7) is 4.92. The zero-order valence-corrected chi connectivity index (χ0v) is 7.36. The van der Waals surface area contributed by atoms with Gasteiger partial charge in [0.15, 0.2) is 6.29 Å². The molecular formula is C5H12O6S. The second-order valence-electron chi connectivity index (χ2n) is 1.47. The molecule has 1 unspecified atom stereocenters. The van der Waals surface area contributed by atoms with Crippen LogP contribution in [-0.4, -0.2) is 36.1 Å². The van der Waals surface area contributed by atoms with E-state index in [1.807, 2.05) is 0 Å². The van der Waals surface area contributed by atoms with Crippen LogP contribution in [0.2, 0.25) is 0 Å². The Balaban J connectivity index is 0. The van der Waals surface area contributed by atoms with Gasteiger partial charge in [-0.1, -0.05) is 6.58 Å². The minimum atomic E-state index is -4.56. The van der Waals surface area contributed by atoms with E-state index in [1.54, 1.807) is 6.92 Å². The van der Waals surface area contributed by atoms with E-state index in [1.165, 1.54) is 0 Å². The summed E-state index contributed by atoms with van der Waals surface area (Å²) in [5.41, 5.74) is 0. The average molecular weight is 200 g/mol. The smallest absolute Gasteiger partial charge is 0.397 e. The van der Waals surface area contributed by atoms with E-state index in [0.717, 1.165) is 6.08 Å². The Labute approximate surface area is 71.1 Å². The molecule has 6 nitrogen and oxygen atoms in total. The van der Waals surface area contributed by atoms with Crippen LogP contribution in [0.3, 0.4) is 0 Å². The number of aliphatic hydroxyl groups is 2. The summed E-state index contributed by atoms with van der Waals surface area (Å²) in [6.07, 6.45) is -0.867. The Morgan fingerprint density at radius 1 is 1.67 bits per heavy atom. The molecule has 0 fully saturated rings. The van der Waals surface area contributed by atoms with Gasteiger partial charge < -0.3 is 10.2 Å². The molecular weight excluding hydrogens is 188 g/mol. The van der Waals surface area contributed by atoms with Crippen molar-refractivity contribution in [2.75, 3.05) is 6.61 Å². The van der Waals surface area contributed by atoms with E-state index in [0.29, 0.717) is 0 Å². The van der Waals surface area contributed by atoms with Crippen molar-refractivity contribution in [1.82, 2.24) is 0 Å². The maximum Gasteiger partial charge on any atom is 0.400 e. The molecule has 0 amide bonds. The Bertz CT molecular complexity index is 196. The summed E-state index contributed by atoms with van der Waals surface area (Å²) >= 11 is 0. The molecule has 0 rings (SSSR count). The van der Waals surface area contributed by atoms with Crippen LogP contribution in [0.25, 0.3) is 0 Å². The molecule has 0 radical (unpaired) electrons. The van der Waals surface area contributed by atoms with Crippen LogP contribution >= 0.6 is 0 Å². The number of rotatable bonds is 3. The highest BCUT2D eigenvalue weighted by atomic mass is 32.3. The summed E-state index contributed by atoms with van der Waals surface area (Å²) < 4.78 is 30.9. The van der Waals surface area contributed by atoms with Crippen LogP contribution in [0.1, 0.15) is 6.92 Å². The first-order valence-electron chi connectivity index (χ1n) is 2.94. The van der Waals surface area contributed by atoms with Crippen molar-refractivity contribution in [1.29, 1.82) is 0 Å². The molecule has 0 spiro atoms. The first kappa shape index (κ1) is 14.1. The third kappa shape index (κ3) is 16.3. The molecule has 3 N–H and O–H groups in total. The van der Waals surface area contributed by atoms with E-state index >= 15 is 0 Å². The van der Waals surface area contributed by atoms with Gasteiger partial charge in [-0.25, -0.2) is 4.18 Å². The molecule has 0 aliphatic heterocycles. The lowest BCUT2D eigenvalue weighted by Crippen LogP contribution is -2.13. The highest BCUT2D eigenvalue weighted by Crippen LogP contribution is 1.92. The fourth-order valence-corrected chi connectivity index (χ4v) is 0.492. The number of hydrogen-bond acceptors (Lipinski definition) is 5. The summed E-state index contributed by atoms with van der Waals surface area (Å²) in [5.74, 6) is 0. The van der Waals surface area contributed by atoms with E-state index in [9.17, 15) is 8.42 Å². The molecule has 0 aromatic carbocycles. The van der Waals surface area contributed by atoms with Crippen molar-refractivity contribution in [3.8, 4) is 0 Å². The van der Waals surface area contributed by atoms with Crippen molar-refractivity contribution in [2.45, 2.75) is 13.2 Å². The van der Waals surface area contributed by atoms with Crippen molar-refractivity contribution >= 4 is 10.4 Å². The van der Waals surface area contributed by atoms with Gasteiger partial charge in [0, 0.05) is 6.61 Å². The Hall–Kier alpha value is -0.470. The molecule has 0 aliphatic carbocycles. The van der Waals surface area contributed by atoms with Gasteiger partial charge in [0.25, 0.3) is 0 Å². The molecule has 0 saturated carbocycles. The molecule has 1 atom stereocenters. The van der Waals surface area contributed by atoms with Crippen molar-refractivity contribution in [3.05, 3.63) is 12.7 Å². The SMILES string of the molecule is C=CC(O)OS(=O)(=O)O.CCO. The predicted octanol–water partition coefficient (Wildman–Crippen LogP) is -0.691. The van der Waals surface area contributed by atoms with Crippen LogP contribution in [0.4, 0.5) is 0 Å². The van der Waals surface area contributed by atoms with Gasteiger partial charge in [0.05, 0.1) is 0 Å². The minimum absolute atomic E-state index is 0.250. The zero-order valence-electron chi connectivity index (χ0n) is 6.54. The monoisotopic (exact) mass is 200 g/mol. The minimum Gasteiger partial charge on any atom is -0.397 e. The summed E-state index contributed by atoms with van der Waals surface area (Å²) in [5, 5.41) is 15.9. The van der Waals surface area contributed by atoms with Crippen LogP contribution in [0.5, 0.6) is 0 Å². The summed E-state index contributed by atoms with van der Waals surface area (Å²) in [6, 6.07) is 0. The van der Waals surface area contributed by atoms with E-state index in [-0.39, 0.29) is 6.61 Å². The Kier molecular flexibility index (Phi) is 8.44. The second-order valence-corrected chi connectivity index (χ2v) is 2.51. The van der Waals surface area contributed by atoms with Gasteiger partial charge in [-0.3, -0.25) is 4.55 Å². The molecule has 0 bridgehead atoms. The largest absolute Gasteiger partial charge is 0.400 e.